The number of hydrogen-bond donors (Lipinski definition) is 2. The fourth-order valence-electron chi connectivity index (χ4n) is 3.01. The van der Waals surface area contributed by atoms with Crippen LogP contribution in [0.1, 0.15) is 37.3 Å². The van der Waals surface area contributed by atoms with E-state index in [1.54, 1.807) is 20.0 Å². The largest absolute Gasteiger partial charge is 0.355 e. The number of likely N-dealkylation sites (tertiary alicyclic amines) is 1. The van der Waals surface area contributed by atoms with Crippen molar-refractivity contribution >= 4 is 5.96 Å². The van der Waals surface area contributed by atoms with E-state index in [1.807, 2.05) is 12.1 Å². The molecule has 1 saturated heterocycles. The first kappa shape index (κ1) is 17.7. The smallest absolute Gasteiger partial charge is 0.191 e. The Morgan fingerprint density at radius 3 is 2.65 bits per heavy atom. The highest BCUT2D eigenvalue weighted by molar-refractivity contribution is 5.79. The monoisotopic (exact) mass is 320 g/mol. The maximum atomic E-state index is 13.6. The van der Waals surface area contributed by atoms with Gasteiger partial charge in [0, 0.05) is 26.2 Å². The number of hydrogen-bond acceptors (Lipinski definition) is 2. The van der Waals surface area contributed by atoms with Crippen LogP contribution in [-0.4, -0.2) is 43.6 Å². The molecule has 2 N–H and O–H groups in total. The molecule has 1 aliphatic rings. The molecule has 0 spiro atoms. The molecular weight excluding hydrogens is 291 g/mol. The third-order valence-electron chi connectivity index (χ3n) is 4.55. The maximum Gasteiger partial charge on any atom is 0.191 e. The SMILES string of the molecule is CCC(CNC(=NC)NCc1ccc(C)c(F)c1)N1CCCC1. The van der Waals surface area contributed by atoms with E-state index in [0.717, 1.165) is 24.5 Å². The normalized spacial score (nSPS) is 17.3. The number of guanidine groups is 1. The molecule has 0 aromatic heterocycles. The Hall–Kier alpha value is -1.62. The summed E-state index contributed by atoms with van der Waals surface area (Å²) in [5, 5.41) is 6.65. The lowest BCUT2D eigenvalue weighted by molar-refractivity contribution is 0.236. The fraction of sp³-hybridized carbons (Fsp3) is 0.611. The number of aryl methyl sites for hydroxylation is 1. The first-order chi connectivity index (χ1) is 11.1. The summed E-state index contributed by atoms with van der Waals surface area (Å²) < 4.78 is 13.6. The molecule has 0 saturated carbocycles. The number of halogens is 1. The maximum absolute atomic E-state index is 13.6. The van der Waals surface area contributed by atoms with Crippen LogP contribution in [0.2, 0.25) is 0 Å². The average Bonchev–Trinajstić information content (AvgIpc) is 3.08. The lowest BCUT2D eigenvalue weighted by Gasteiger charge is -2.27. The fourth-order valence-corrected chi connectivity index (χ4v) is 3.01. The minimum Gasteiger partial charge on any atom is -0.355 e. The summed E-state index contributed by atoms with van der Waals surface area (Å²) in [5.74, 6) is 0.607. The van der Waals surface area contributed by atoms with Crippen LogP contribution < -0.4 is 10.6 Å². The van der Waals surface area contributed by atoms with Crippen molar-refractivity contribution in [2.45, 2.75) is 45.7 Å². The first-order valence-electron chi connectivity index (χ1n) is 8.57. The van der Waals surface area contributed by atoms with Crippen molar-refractivity contribution in [2.24, 2.45) is 4.99 Å². The predicted molar refractivity (Wildman–Crippen MR) is 94.2 cm³/mol. The van der Waals surface area contributed by atoms with Crippen molar-refractivity contribution in [3.63, 3.8) is 0 Å². The topological polar surface area (TPSA) is 39.7 Å². The molecule has 1 aliphatic heterocycles. The highest BCUT2D eigenvalue weighted by Gasteiger charge is 2.20. The van der Waals surface area contributed by atoms with Crippen LogP contribution in [-0.2, 0) is 6.54 Å². The second-order valence-electron chi connectivity index (χ2n) is 6.20. The third-order valence-corrected chi connectivity index (χ3v) is 4.55. The summed E-state index contributed by atoms with van der Waals surface area (Å²) in [5.41, 5.74) is 1.59. The van der Waals surface area contributed by atoms with Crippen molar-refractivity contribution in [3.8, 4) is 0 Å². The molecule has 1 aromatic rings. The van der Waals surface area contributed by atoms with E-state index in [2.05, 4.69) is 27.4 Å². The minimum absolute atomic E-state index is 0.160. The van der Waals surface area contributed by atoms with Gasteiger partial charge >= 0.3 is 0 Å². The average molecular weight is 320 g/mol. The van der Waals surface area contributed by atoms with Gasteiger partial charge < -0.3 is 10.6 Å². The van der Waals surface area contributed by atoms with E-state index in [-0.39, 0.29) is 5.82 Å². The Morgan fingerprint density at radius 2 is 2.04 bits per heavy atom. The summed E-state index contributed by atoms with van der Waals surface area (Å²) >= 11 is 0. The van der Waals surface area contributed by atoms with Gasteiger partial charge in [-0.1, -0.05) is 19.1 Å². The Labute approximate surface area is 139 Å². The van der Waals surface area contributed by atoms with E-state index >= 15 is 0 Å². The van der Waals surface area contributed by atoms with Crippen molar-refractivity contribution < 1.29 is 4.39 Å². The predicted octanol–water partition coefficient (Wildman–Crippen LogP) is 2.67. The molecule has 5 heteroatoms. The number of rotatable bonds is 6. The molecule has 0 bridgehead atoms. The molecular formula is C18H29FN4. The van der Waals surface area contributed by atoms with Crippen molar-refractivity contribution in [3.05, 3.63) is 35.1 Å². The molecule has 0 aliphatic carbocycles. The van der Waals surface area contributed by atoms with Crippen LogP contribution >= 0.6 is 0 Å². The van der Waals surface area contributed by atoms with Gasteiger partial charge in [0.05, 0.1) is 0 Å². The van der Waals surface area contributed by atoms with Crippen LogP contribution in [0.5, 0.6) is 0 Å². The summed E-state index contributed by atoms with van der Waals surface area (Å²) in [6.45, 7) is 7.87. The lowest BCUT2D eigenvalue weighted by Crippen LogP contribution is -2.46. The molecule has 4 nitrogen and oxygen atoms in total. The van der Waals surface area contributed by atoms with Crippen LogP contribution in [0.15, 0.2) is 23.2 Å². The van der Waals surface area contributed by atoms with E-state index < -0.39 is 0 Å². The molecule has 1 fully saturated rings. The van der Waals surface area contributed by atoms with Gasteiger partial charge in [-0.3, -0.25) is 9.89 Å². The van der Waals surface area contributed by atoms with Crippen LogP contribution in [0.3, 0.4) is 0 Å². The second kappa shape index (κ2) is 8.87. The van der Waals surface area contributed by atoms with E-state index in [9.17, 15) is 4.39 Å². The van der Waals surface area contributed by atoms with Gasteiger partial charge in [0.25, 0.3) is 0 Å². The Morgan fingerprint density at radius 1 is 1.30 bits per heavy atom. The highest BCUT2D eigenvalue weighted by Crippen LogP contribution is 2.13. The Kier molecular flexibility index (Phi) is 6.84. The summed E-state index contributed by atoms with van der Waals surface area (Å²) in [6.07, 6.45) is 3.75. The van der Waals surface area contributed by atoms with Gasteiger partial charge in [0.2, 0.25) is 0 Å². The standard InChI is InChI=1S/C18H29FN4/c1-4-16(23-9-5-6-10-23)13-22-18(20-3)21-12-15-8-7-14(2)17(19)11-15/h7-8,11,16H,4-6,9-10,12-13H2,1-3H3,(H2,20,21,22). The Balaban J connectivity index is 1.81. The molecule has 2 rings (SSSR count). The molecule has 128 valence electrons. The zero-order chi connectivity index (χ0) is 16.7. The van der Waals surface area contributed by atoms with Gasteiger partial charge in [-0.05, 0) is 56.5 Å². The van der Waals surface area contributed by atoms with Crippen LogP contribution in [0.25, 0.3) is 0 Å². The second-order valence-corrected chi connectivity index (χ2v) is 6.20. The third kappa shape index (κ3) is 5.20. The van der Waals surface area contributed by atoms with Gasteiger partial charge in [-0.2, -0.15) is 0 Å². The first-order valence-corrected chi connectivity index (χ1v) is 8.57. The summed E-state index contributed by atoms with van der Waals surface area (Å²) in [7, 11) is 1.77. The number of nitrogens with zero attached hydrogens (tertiary/aromatic N) is 2. The molecule has 23 heavy (non-hydrogen) atoms. The summed E-state index contributed by atoms with van der Waals surface area (Å²) in [4.78, 5) is 6.81. The molecule has 1 unspecified atom stereocenters. The zero-order valence-electron chi connectivity index (χ0n) is 14.5. The quantitative estimate of drug-likeness (QED) is 0.625. The lowest BCUT2D eigenvalue weighted by atomic mass is 10.1. The molecule has 1 heterocycles. The summed E-state index contributed by atoms with van der Waals surface area (Å²) in [6, 6.07) is 5.88. The van der Waals surface area contributed by atoms with Crippen LogP contribution in [0, 0.1) is 12.7 Å². The van der Waals surface area contributed by atoms with Gasteiger partial charge in [0.1, 0.15) is 5.82 Å². The van der Waals surface area contributed by atoms with Crippen molar-refractivity contribution in [2.75, 3.05) is 26.7 Å². The van der Waals surface area contributed by atoms with Crippen molar-refractivity contribution in [1.82, 2.24) is 15.5 Å². The minimum atomic E-state index is -0.160. The molecule has 0 amide bonds. The van der Waals surface area contributed by atoms with E-state index in [1.165, 1.54) is 25.9 Å². The highest BCUT2D eigenvalue weighted by atomic mass is 19.1. The Bertz CT molecular complexity index is 524. The zero-order valence-corrected chi connectivity index (χ0v) is 14.5. The molecule has 1 atom stereocenters. The van der Waals surface area contributed by atoms with Gasteiger partial charge in [0.15, 0.2) is 5.96 Å². The molecule has 0 radical (unpaired) electrons. The van der Waals surface area contributed by atoms with Gasteiger partial charge in [-0.25, -0.2) is 4.39 Å². The molecule has 1 aromatic carbocycles. The van der Waals surface area contributed by atoms with Crippen molar-refractivity contribution in [1.29, 1.82) is 0 Å². The van der Waals surface area contributed by atoms with Crippen LogP contribution in [0.4, 0.5) is 4.39 Å². The van der Waals surface area contributed by atoms with E-state index in [4.69, 9.17) is 0 Å². The van der Waals surface area contributed by atoms with E-state index in [0.29, 0.717) is 18.2 Å². The number of aliphatic imine (C=N–C) groups is 1. The van der Waals surface area contributed by atoms with Gasteiger partial charge in [-0.15, -0.1) is 0 Å². The number of nitrogens with one attached hydrogen (secondary N) is 2. The number of benzene rings is 1.